The van der Waals surface area contributed by atoms with Crippen molar-refractivity contribution in [2.75, 3.05) is 5.32 Å². The first-order valence-electron chi connectivity index (χ1n) is 8.58. The summed E-state index contributed by atoms with van der Waals surface area (Å²) in [5, 5.41) is 9.81. The Balaban J connectivity index is 1.56. The molecule has 154 valence electrons. The number of halogens is 2. The van der Waals surface area contributed by atoms with Gasteiger partial charge in [-0.1, -0.05) is 29.3 Å². The number of aryl methyl sites for hydroxylation is 1. The minimum Gasteiger partial charge on any atom is -0.300 e. The zero-order valence-corrected chi connectivity index (χ0v) is 18.0. The van der Waals surface area contributed by atoms with E-state index in [1.54, 1.807) is 23.6 Å². The van der Waals surface area contributed by atoms with E-state index in [-0.39, 0.29) is 12.1 Å². The Bertz CT molecular complexity index is 1420. The van der Waals surface area contributed by atoms with Crippen molar-refractivity contribution in [2.45, 2.75) is 6.54 Å². The van der Waals surface area contributed by atoms with Gasteiger partial charge in [-0.05, 0) is 12.1 Å². The van der Waals surface area contributed by atoms with Gasteiger partial charge in [0, 0.05) is 25.0 Å². The third-order valence-corrected chi connectivity index (χ3v) is 6.02. The van der Waals surface area contributed by atoms with Gasteiger partial charge in [-0.25, -0.2) is 14.5 Å². The van der Waals surface area contributed by atoms with E-state index in [4.69, 9.17) is 23.2 Å². The minimum absolute atomic E-state index is 0.172. The molecule has 9 nitrogen and oxygen atoms in total. The molecule has 12 heteroatoms. The normalized spacial score (nSPS) is 11.2. The molecule has 0 aliphatic rings. The van der Waals surface area contributed by atoms with E-state index < -0.39 is 17.2 Å². The number of fused-ring (bicyclic) bond motifs is 1. The van der Waals surface area contributed by atoms with Crippen LogP contribution >= 0.6 is 34.5 Å². The molecule has 3 aromatic heterocycles. The summed E-state index contributed by atoms with van der Waals surface area (Å²) >= 11 is 13.2. The van der Waals surface area contributed by atoms with Crippen molar-refractivity contribution in [1.29, 1.82) is 0 Å². The van der Waals surface area contributed by atoms with Crippen LogP contribution in [0.2, 0.25) is 10.0 Å². The van der Waals surface area contributed by atoms with E-state index in [2.05, 4.69) is 15.4 Å². The number of nitrogens with zero attached hydrogens (tertiary/aromatic N) is 5. The molecule has 4 rings (SSSR count). The number of amides is 1. The zero-order valence-electron chi connectivity index (χ0n) is 15.7. The van der Waals surface area contributed by atoms with Crippen LogP contribution in [-0.4, -0.2) is 29.8 Å². The van der Waals surface area contributed by atoms with E-state index >= 15 is 0 Å². The van der Waals surface area contributed by atoms with Gasteiger partial charge in [0.1, 0.15) is 6.54 Å². The largest absolute Gasteiger partial charge is 0.331 e. The molecular formula is C18H14Cl2N6O3S. The number of hydrogen-bond donors (Lipinski definition) is 1. The van der Waals surface area contributed by atoms with Crippen LogP contribution in [0.15, 0.2) is 39.4 Å². The Labute approximate surface area is 183 Å². The van der Waals surface area contributed by atoms with Crippen LogP contribution in [0.5, 0.6) is 0 Å². The quantitative estimate of drug-likeness (QED) is 0.499. The SMILES string of the molecule is Cn1c(=O)c2c(cnn2CC(=O)Nc2nc(-c3ccc(Cl)c(Cl)c3)cs2)n(C)c1=O. The van der Waals surface area contributed by atoms with E-state index in [0.717, 1.165) is 10.1 Å². The summed E-state index contributed by atoms with van der Waals surface area (Å²) in [5.74, 6) is -0.411. The lowest BCUT2D eigenvalue weighted by atomic mass is 10.2. The minimum atomic E-state index is -0.519. The highest BCUT2D eigenvalue weighted by Crippen LogP contribution is 2.30. The van der Waals surface area contributed by atoms with Gasteiger partial charge in [-0.15, -0.1) is 11.3 Å². The molecule has 0 saturated heterocycles. The first kappa shape index (κ1) is 20.3. The monoisotopic (exact) mass is 464 g/mol. The van der Waals surface area contributed by atoms with Crippen LogP contribution in [0.25, 0.3) is 22.3 Å². The van der Waals surface area contributed by atoms with Gasteiger partial charge < -0.3 is 5.32 Å². The van der Waals surface area contributed by atoms with Gasteiger partial charge >= 0.3 is 5.69 Å². The fraction of sp³-hybridized carbons (Fsp3) is 0.167. The van der Waals surface area contributed by atoms with Crippen molar-refractivity contribution < 1.29 is 4.79 Å². The molecule has 1 aromatic carbocycles. The number of nitrogens with one attached hydrogen (secondary N) is 1. The smallest absolute Gasteiger partial charge is 0.300 e. The number of aromatic nitrogens is 5. The number of carbonyl (C=O) groups is 1. The molecule has 0 radical (unpaired) electrons. The first-order valence-corrected chi connectivity index (χ1v) is 10.2. The van der Waals surface area contributed by atoms with Crippen LogP contribution in [0.4, 0.5) is 5.13 Å². The maximum absolute atomic E-state index is 12.5. The van der Waals surface area contributed by atoms with Crippen molar-refractivity contribution in [3.05, 3.63) is 60.7 Å². The second kappa shape index (κ2) is 7.71. The van der Waals surface area contributed by atoms with E-state index in [1.807, 2.05) is 0 Å². The Kier molecular flexibility index (Phi) is 5.22. The molecular weight excluding hydrogens is 451 g/mol. The van der Waals surface area contributed by atoms with Gasteiger partial charge in [0.15, 0.2) is 10.6 Å². The summed E-state index contributed by atoms with van der Waals surface area (Å²) in [6, 6.07) is 5.15. The number of hydrogen-bond acceptors (Lipinski definition) is 6. The third kappa shape index (κ3) is 3.53. The summed E-state index contributed by atoms with van der Waals surface area (Å²) in [5.41, 5.74) is 0.951. The lowest BCUT2D eigenvalue weighted by Gasteiger charge is -2.06. The fourth-order valence-electron chi connectivity index (χ4n) is 2.95. The molecule has 0 aliphatic heterocycles. The number of anilines is 1. The first-order chi connectivity index (χ1) is 14.3. The second-order valence-corrected chi connectivity index (χ2v) is 8.13. The molecule has 30 heavy (non-hydrogen) atoms. The highest BCUT2D eigenvalue weighted by molar-refractivity contribution is 7.14. The van der Waals surface area contributed by atoms with Crippen molar-refractivity contribution >= 4 is 56.6 Å². The summed E-state index contributed by atoms with van der Waals surface area (Å²) < 4.78 is 3.55. The molecule has 4 aromatic rings. The maximum Gasteiger partial charge on any atom is 0.331 e. The van der Waals surface area contributed by atoms with E-state index in [1.165, 1.54) is 40.9 Å². The number of benzene rings is 1. The summed E-state index contributed by atoms with van der Waals surface area (Å²) in [6.07, 6.45) is 1.39. The average molecular weight is 465 g/mol. The molecule has 0 unspecified atom stereocenters. The molecule has 0 spiro atoms. The topological polar surface area (TPSA) is 104 Å². The Morgan fingerprint density at radius 2 is 1.93 bits per heavy atom. The molecule has 3 heterocycles. The van der Waals surface area contributed by atoms with Gasteiger partial charge in [0.25, 0.3) is 5.56 Å². The average Bonchev–Trinajstić information content (AvgIpc) is 3.34. The van der Waals surface area contributed by atoms with Gasteiger partial charge in [0.2, 0.25) is 5.91 Å². The summed E-state index contributed by atoms with van der Waals surface area (Å²) in [4.78, 5) is 41.4. The number of rotatable bonds is 4. The maximum atomic E-state index is 12.5. The Morgan fingerprint density at radius 1 is 1.17 bits per heavy atom. The molecule has 0 bridgehead atoms. The fourth-order valence-corrected chi connectivity index (χ4v) is 3.98. The van der Waals surface area contributed by atoms with E-state index in [0.29, 0.717) is 26.4 Å². The lowest BCUT2D eigenvalue weighted by Crippen LogP contribution is -2.37. The van der Waals surface area contributed by atoms with Crippen molar-refractivity contribution in [3.63, 3.8) is 0 Å². The highest BCUT2D eigenvalue weighted by Gasteiger charge is 2.17. The predicted molar refractivity (Wildman–Crippen MR) is 116 cm³/mol. The van der Waals surface area contributed by atoms with Gasteiger partial charge in [-0.3, -0.25) is 18.7 Å². The van der Waals surface area contributed by atoms with Crippen LogP contribution in [-0.2, 0) is 25.4 Å². The molecule has 0 fully saturated rings. The van der Waals surface area contributed by atoms with Crippen molar-refractivity contribution in [2.24, 2.45) is 14.1 Å². The summed E-state index contributed by atoms with van der Waals surface area (Å²) in [6.45, 7) is -0.210. The molecule has 0 atom stereocenters. The lowest BCUT2D eigenvalue weighted by molar-refractivity contribution is -0.116. The zero-order chi connectivity index (χ0) is 21.6. The van der Waals surface area contributed by atoms with Gasteiger partial charge in [-0.2, -0.15) is 5.10 Å². The van der Waals surface area contributed by atoms with Gasteiger partial charge in [0.05, 0.1) is 27.5 Å². The van der Waals surface area contributed by atoms with Crippen LogP contribution in [0.1, 0.15) is 0 Å². The molecule has 0 saturated carbocycles. The Hall–Kier alpha value is -2.95. The molecule has 1 amide bonds. The third-order valence-electron chi connectivity index (χ3n) is 4.52. The van der Waals surface area contributed by atoms with E-state index in [9.17, 15) is 14.4 Å². The van der Waals surface area contributed by atoms with Crippen molar-refractivity contribution in [3.8, 4) is 11.3 Å². The van der Waals surface area contributed by atoms with Crippen molar-refractivity contribution in [1.82, 2.24) is 23.9 Å². The summed E-state index contributed by atoms with van der Waals surface area (Å²) in [7, 11) is 2.91. The molecule has 0 aliphatic carbocycles. The molecule has 1 N–H and O–H groups in total. The predicted octanol–water partition coefficient (Wildman–Crippen LogP) is 2.50. The van der Waals surface area contributed by atoms with Crippen LogP contribution in [0.3, 0.4) is 0 Å². The number of thiazole rings is 1. The highest BCUT2D eigenvalue weighted by atomic mass is 35.5. The standard InChI is InChI=1S/C18H14Cl2N6O3S/c1-24-13-6-21-26(15(13)16(28)25(2)18(24)29)7-14(27)23-17-22-12(8-30-17)9-3-4-10(19)11(20)5-9/h3-6,8H,7H2,1-2H3,(H,22,23,27). The number of carbonyl (C=O) groups excluding carboxylic acids is 1. The van der Waals surface area contributed by atoms with Crippen LogP contribution < -0.4 is 16.6 Å². The second-order valence-electron chi connectivity index (χ2n) is 6.46. The van der Waals surface area contributed by atoms with Crippen LogP contribution in [0, 0.1) is 0 Å². The Morgan fingerprint density at radius 3 is 2.67 bits per heavy atom.